The fourth-order valence-electron chi connectivity index (χ4n) is 2.98. The smallest absolute Gasteiger partial charge is 0.193 e. The van der Waals surface area contributed by atoms with E-state index in [4.69, 9.17) is 30.5 Å². The quantitative estimate of drug-likeness (QED) is 0.350. The van der Waals surface area contributed by atoms with E-state index in [1.165, 1.54) is 0 Å². The standard InChI is InChI=1S/C25H31ClN2O3Si/c1-25(2,3)32(6,7)31-23(18-10-14-20(30-5)15-11-18)22-24(26)28-21(16-27-22)17-8-12-19(29-4)13-9-17/h8-16,23H,1-7H3. The molecule has 2 aromatic carbocycles. The molecule has 7 heteroatoms. The lowest BCUT2D eigenvalue weighted by molar-refractivity contribution is 0.217. The Hall–Kier alpha value is -2.41. The fourth-order valence-corrected chi connectivity index (χ4v) is 4.41. The molecule has 1 atom stereocenters. The number of ether oxygens (including phenoxy) is 2. The van der Waals surface area contributed by atoms with Crippen molar-refractivity contribution in [2.75, 3.05) is 14.2 Å². The molecule has 0 bridgehead atoms. The first kappa shape index (κ1) is 24.2. The van der Waals surface area contributed by atoms with Crippen molar-refractivity contribution >= 4 is 19.9 Å². The number of halogens is 1. The normalized spacial score (nSPS) is 13.0. The minimum atomic E-state index is -2.14. The highest BCUT2D eigenvalue weighted by Crippen LogP contribution is 2.42. The molecule has 0 aliphatic heterocycles. The number of hydrogen-bond donors (Lipinski definition) is 0. The van der Waals surface area contributed by atoms with Gasteiger partial charge in [0.25, 0.3) is 0 Å². The van der Waals surface area contributed by atoms with E-state index in [2.05, 4.69) is 38.8 Å². The average Bonchev–Trinajstić information content (AvgIpc) is 2.77. The predicted molar refractivity (Wildman–Crippen MR) is 132 cm³/mol. The molecule has 0 saturated carbocycles. The third kappa shape index (κ3) is 5.31. The fraction of sp³-hybridized carbons (Fsp3) is 0.360. The summed E-state index contributed by atoms with van der Waals surface area (Å²) < 4.78 is 17.4. The minimum Gasteiger partial charge on any atom is -0.497 e. The maximum atomic E-state index is 6.80. The number of rotatable bonds is 7. The van der Waals surface area contributed by atoms with Crippen LogP contribution in [0.25, 0.3) is 11.3 Å². The van der Waals surface area contributed by atoms with E-state index in [0.29, 0.717) is 16.5 Å². The Bertz CT molecular complexity index is 1050. The Labute approximate surface area is 196 Å². The van der Waals surface area contributed by atoms with Crippen LogP contribution in [0.5, 0.6) is 11.5 Å². The van der Waals surface area contributed by atoms with Gasteiger partial charge in [-0.1, -0.05) is 44.5 Å². The molecule has 1 unspecified atom stereocenters. The van der Waals surface area contributed by atoms with E-state index in [1.807, 2.05) is 48.5 Å². The first-order chi connectivity index (χ1) is 15.1. The van der Waals surface area contributed by atoms with Crippen molar-refractivity contribution in [1.82, 2.24) is 9.97 Å². The molecule has 170 valence electrons. The molecule has 0 radical (unpaired) electrons. The second kappa shape index (κ2) is 9.61. The van der Waals surface area contributed by atoms with Gasteiger partial charge < -0.3 is 13.9 Å². The summed E-state index contributed by atoms with van der Waals surface area (Å²) in [5.41, 5.74) is 3.18. The van der Waals surface area contributed by atoms with Gasteiger partial charge in [0.2, 0.25) is 0 Å². The molecule has 3 rings (SSSR count). The molecule has 5 nitrogen and oxygen atoms in total. The molecule has 0 saturated heterocycles. The average molecular weight is 471 g/mol. The SMILES string of the molecule is COc1ccc(-c2cnc(C(O[Si](C)(C)C(C)(C)C)c3ccc(OC)cc3)c(Cl)n2)cc1. The Morgan fingerprint density at radius 2 is 1.41 bits per heavy atom. The summed E-state index contributed by atoms with van der Waals surface area (Å²) in [7, 11) is 1.15. The van der Waals surface area contributed by atoms with Crippen molar-refractivity contribution in [2.45, 2.75) is 45.0 Å². The van der Waals surface area contributed by atoms with E-state index in [0.717, 1.165) is 22.6 Å². The number of benzene rings is 2. The maximum absolute atomic E-state index is 6.80. The molecule has 32 heavy (non-hydrogen) atoms. The molecule has 0 N–H and O–H groups in total. The summed E-state index contributed by atoms with van der Waals surface area (Å²) in [5, 5.41) is 0.360. The molecule has 1 heterocycles. The highest BCUT2D eigenvalue weighted by Gasteiger charge is 2.40. The molecule has 0 aliphatic carbocycles. The Morgan fingerprint density at radius 3 is 1.88 bits per heavy atom. The summed E-state index contributed by atoms with van der Waals surface area (Å²) in [6, 6.07) is 15.5. The van der Waals surface area contributed by atoms with Crippen LogP contribution in [0.3, 0.4) is 0 Å². The van der Waals surface area contributed by atoms with Crippen molar-refractivity contribution in [3.63, 3.8) is 0 Å². The van der Waals surface area contributed by atoms with Crippen molar-refractivity contribution in [2.24, 2.45) is 0 Å². The Morgan fingerprint density at radius 1 is 0.875 bits per heavy atom. The van der Waals surface area contributed by atoms with Crippen molar-refractivity contribution in [3.05, 3.63) is 71.1 Å². The lowest BCUT2D eigenvalue weighted by Crippen LogP contribution is -2.42. The Balaban J connectivity index is 2.02. The highest BCUT2D eigenvalue weighted by molar-refractivity contribution is 6.74. The van der Waals surface area contributed by atoms with Crippen LogP contribution in [0.4, 0.5) is 0 Å². The largest absolute Gasteiger partial charge is 0.497 e. The van der Waals surface area contributed by atoms with Crippen LogP contribution in [0.1, 0.15) is 38.1 Å². The summed E-state index contributed by atoms with van der Waals surface area (Å²) in [6.07, 6.45) is 1.32. The van der Waals surface area contributed by atoms with E-state index in [1.54, 1.807) is 20.4 Å². The molecule has 0 amide bonds. The third-order valence-corrected chi connectivity index (χ3v) is 10.7. The van der Waals surface area contributed by atoms with Gasteiger partial charge in [0.05, 0.1) is 26.1 Å². The van der Waals surface area contributed by atoms with Crippen molar-refractivity contribution in [1.29, 1.82) is 0 Å². The zero-order valence-corrected chi connectivity index (χ0v) is 21.5. The number of nitrogens with zero attached hydrogens (tertiary/aromatic N) is 2. The highest BCUT2D eigenvalue weighted by atomic mass is 35.5. The third-order valence-electron chi connectivity index (χ3n) is 6.03. The van der Waals surface area contributed by atoms with Crippen LogP contribution < -0.4 is 9.47 Å². The first-order valence-corrected chi connectivity index (χ1v) is 13.8. The van der Waals surface area contributed by atoms with Crippen LogP contribution in [0, 0.1) is 0 Å². The van der Waals surface area contributed by atoms with E-state index in [9.17, 15) is 0 Å². The molecule has 0 spiro atoms. The summed E-state index contributed by atoms with van der Waals surface area (Å²) in [5.74, 6) is 1.57. The van der Waals surface area contributed by atoms with Crippen LogP contribution in [0.2, 0.25) is 23.3 Å². The molecule has 3 aromatic rings. The van der Waals surface area contributed by atoms with Crippen molar-refractivity contribution < 1.29 is 13.9 Å². The van der Waals surface area contributed by atoms with E-state index < -0.39 is 14.4 Å². The van der Waals surface area contributed by atoms with Gasteiger partial charge in [0.1, 0.15) is 23.3 Å². The number of aromatic nitrogens is 2. The predicted octanol–water partition coefficient (Wildman–Crippen LogP) is 6.93. The van der Waals surface area contributed by atoms with Crippen molar-refractivity contribution in [3.8, 4) is 22.8 Å². The van der Waals surface area contributed by atoms with E-state index in [-0.39, 0.29) is 5.04 Å². The van der Waals surface area contributed by atoms with Gasteiger partial charge in [-0.15, -0.1) is 0 Å². The van der Waals surface area contributed by atoms with Gasteiger partial charge in [-0.25, -0.2) is 4.98 Å². The summed E-state index contributed by atoms with van der Waals surface area (Å²) >= 11 is 6.70. The second-order valence-electron chi connectivity index (χ2n) is 9.19. The van der Waals surface area contributed by atoms with E-state index >= 15 is 0 Å². The second-order valence-corrected chi connectivity index (χ2v) is 14.3. The van der Waals surface area contributed by atoms with Gasteiger partial charge in [0.15, 0.2) is 13.5 Å². The molecule has 0 fully saturated rings. The van der Waals surface area contributed by atoms with Crippen LogP contribution in [-0.4, -0.2) is 32.5 Å². The minimum absolute atomic E-state index is 0.0284. The summed E-state index contributed by atoms with van der Waals surface area (Å²) in [6.45, 7) is 11.1. The molecule has 1 aromatic heterocycles. The topological polar surface area (TPSA) is 53.5 Å². The zero-order valence-electron chi connectivity index (χ0n) is 19.8. The monoisotopic (exact) mass is 470 g/mol. The molecule has 0 aliphatic rings. The maximum Gasteiger partial charge on any atom is 0.193 e. The first-order valence-electron chi connectivity index (χ1n) is 10.5. The van der Waals surface area contributed by atoms with Gasteiger partial charge in [-0.3, -0.25) is 4.98 Å². The van der Waals surface area contributed by atoms with Gasteiger partial charge >= 0.3 is 0 Å². The van der Waals surface area contributed by atoms with Crippen LogP contribution >= 0.6 is 11.6 Å². The lowest BCUT2D eigenvalue weighted by Gasteiger charge is -2.39. The molecular weight excluding hydrogens is 440 g/mol. The molecular formula is C25H31ClN2O3Si. The zero-order chi connectivity index (χ0) is 23.5. The lowest BCUT2D eigenvalue weighted by atomic mass is 10.1. The Kier molecular flexibility index (Phi) is 7.28. The van der Waals surface area contributed by atoms with Gasteiger partial charge in [-0.2, -0.15) is 0 Å². The number of hydrogen-bond acceptors (Lipinski definition) is 5. The number of methoxy groups -OCH3 is 2. The van der Waals surface area contributed by atoms with Crippen LogP contribution in [-0.2, 0) is 4.43 Å². The van der Waals surface area contributed by atoms with Gasteiger partial charge in [-0.05, 0) is 60.1 Å². The van der Waals surface area contributed by atoms with Crippen LogP contribution in [0.15, 0.2) is 54.7 Å². The van der Waals surface area contributed by atoms with Gasteiger partial charge in [0, 0.05) is 5.56 Å². The summed E-state index contributed by atoms with van der Waals surface area (Å²) in [4.78, 5) is 9.37.